The molecule has 0 bridgehead atoms. The van der Waals surface area contributed by atoms with Crippen LogP contribution in [0.2, 0.25) is 5.02 Å². The maximum absolute atomic E-state index is 14.9. The minimum atomic E-state index is -4.64. The maximum atomic E-state index is 14.9. The van der Waals surface area contributed by atoms with Gasteiger partial charge in [0, 0.05) is 35.7 Å². The average molecular weight is 489 g/mol. The lowest BCUT2D eigenvalue weighted by Gasteiger charge is -2.43. The van der Waals surface area contributed by atoms with Gasteiger partial charge in [-0.3, -0.25) is 4.79 Å². The summed E-state index contributed by atoms with van der Waals surface area (Å²) >= 11 is 7.24. The molecule has 3 heterocycles. The summed E-state index contributed by atoms with van der Waals surface area (Å²) in [6.45, 7) is 0.665. The molecule has 1 aromatic carbocycles. The zero-order valence-electron chi connectivity index (χ0n) is 16.4. The number of nitrogens with one attached hydrogen (secondary N) is 1. The van der Waals surface area contributed by atoms with Crippen molar-refractivity contribution in [3.05, 3.63) is 58.1 Å². The minimum Gasteiger partial charge on any atom is -0.379 e. The van der Waals surface area contributed by atoms with Crippen molar-refractivity contribution in [2.45, 2.75) is 18.1 Å². The fourth-order valence-electron chi connectivity index (χ4n) is 3.81. The molecule has 1 fully saturated rings. The monoisotopic (exact) mass is 488 g/mol. The summed E-state index contributed by atoms with van der Waals surface area (Å²) in [4.78, 5) is 20.7. The van der Waals surface area contributed by atoms with E-state index in [1.807, 2.05) is 0 Å². The number of pyridine rings is 1. The van der Waals surface area contributed by atoms with Gasteiger partial charge in [0.15, 0.2) is 5.17 Å². The van der Waals surface area contributed by atoms with E-state index in [1.165, 1.54) is 30.0 Å². The zero-order chi connectivity index (χ0) is 23.1. The van der Waals surface area contributed by atoms with Gasteiger partial charge < -0.3 is 15.8 Å². The lowest BCUT2D eigenvalue weighted by atomic mass is 9.76. The van der Waals surface area contributed by atoms with Gasteiger partial charge in [0.05, 0.1) is 17.2 Å². The number of carbonyl (C=O) groups is 1. The Morgan fingerprint density at radius 3 is 2.84 bits per heavy atom. The van der Waals surface area contributed by atoms with E-state index in [-0.39, 0.29) is 29.5 Å². The van der Waals surface area contributed by atoms with Gasteiger partial charge in [-0.15, -0.1) is 0 Å². The Labute approximate surface area is 189 Å². The average Bonchev–Trinajstić information content (AvgIpc) is 2.74. The Bertz CT molecular complexity index is 1100. The van der Waals surface area contributed by atoms with Crippen LogP contribution in [-0.4, -0.2) is 35.0 Å². The Balaban J connectivity index is 1.65. The van der Waals surface area contributed by atoms with E-state index in [9.17, 15) is 22.4 Å². The third-order valence-electron chi connectivity index (χ3n) is 5.42. The predicted octanol–water partition coefficient (Wildman–Crippen LogP) is 4.44. The number of nitrogens with two attached hydrogens (primary N) is 1. The van der Waals surface area contributed by atoms with E-state index in [4.69, 9.17) is 22.1 Å². The smallest absolute Gasteiger partial charge is 0.379 e. The molecule has 2 aliphatic rings. The van der Waals surface area contributed by atoms with Crippen molar-refractivity contribution in [1.82, 2.24) is 4.98 Å². The minimum absolute atomic E-state index is 0.0139. The highest BCUT2D eigenvalue weighted by Gasteiger charge is 2.47. The van der Waals surface area contributed by atoms with Gasteiger partial charge in [0.25, 0.3) is 5.91 Å². The number of nitrogens with zero attached hydrogens (tertiary/aromatic N) is 2. The standard InChI is InChI=1S/C20H17ClF4N4O2S/c21-14-5-11(20(23,24)25)7-27-16(14)17(30)28-12-1-2-15(22)13(6-12)19-9-31-4-3-10(19)8-32-18(26)29-19/h1-2,5-7,10H,3-4,8-9H2,(H2,26,29)(H,28,30)/t10-,19-/m0/s1. The van der Waals surface area contributed by atoms with Crippen molar-refractivity contribution in [2.24, 2.45) is 16.6 Å². The Hall–Kier alpha value is -2.37. The topological polar surface area (TPSA) is 89.6 Å². The first kappa shape index (κ1) is 22.8. The molecular weight excluding hydrogens is 472 g/mol. The van der Waals surface area contributed by atoms with E-state index in [0.29, 0.717) is 36.2 Å². The fraction of sp³-hybridized carbons (Fsp3) is 0.350. The SMILES string of the molecule is NC1=N[C@@]2(c3cc(NC(=O)c4ncc(C(F)(F)F)cc4Cl)ccc3F)COCC[C@H]2CS1. The van der Waals surface area contributed by atoms with Crippen LogP contribution >= 0.6 is 23.4 Å². The molecule has 1 aromatic heterocycles. The van der Waals surface area contributed by atoms with Crippen molar-refractivity contribution in [1.29, 1.82) is 0 Å². The molecule has 2 atom stereocenters. The molecule has 0 aliphatic carbocycles. The lowest BCUT2D eigenvalue weighted by molar-refractivity contribution is -0.137. The van der Waals surface area contributed by atoms with Crippen LogP contribution in [0.25, 0.3) is 0 Å². The summed E-state index contributed by atoms with van der Waals surface area (Å²) < 4.78 is 58.9. The number of amides is 1. The number of rotatable bonds is 3. The normalized spacial score (nSPS) is 23.3. The number of alkyl halides is 3. The maximum Gasteiger partial charge on any atom is 0.417 e. The number of aromatic nitrogens is 1. The third-order valence-corrected chi connectivity index (χ3v) is 6.67. The highest BCUT2D eigenvalue weighted by Crippen LogP contribution is 2.45. The number of ether oxygens (including phenoxy) is 1. The van der Waals surface area contributed by atoms with Crippen molar-refractivity contribution in [2.75, 3.05) is 24.3 Å². The van der Waals surface area contributed by atoms with Crippen molar-refractivity contribution in [3.8, 4) is 0 Å². The number of anilines is 1. The molecule has 2 aliphatic heterocycles. The van der Waals surface area contributed by atoms with Crippen molar-refractivity contribution in [3.63, 3.8) is 0 Å². The second-order valence-corrected chi connectivity index (χ2v) is 8.87. The van der Waals surface area contributed by atoms with Gasteiger partial charge in [-0.2, -0.15) is 13.2 Å². The number of hydrogen-bond donors (Lipinski definition) is 2. The summed E-state index contributed by atoms with van der Waals surface area (Å²) in [7, 11) is 0. The van der Waals surface area contributed by atoms with Crippen LogP contribution < -0.4 is 11.1 Å². The first-order valence-electron chi connectivity index (χ1n) is 9.50. The summed E-state index contributed by atoms with van der Waals surface area (Å²) in [5.41, 5.74) is 3.86. The molecule has 2 aromatic rings. The number of fused-ring (bicyclic) bond motifs is 1. The van der Waals surface area contributed by atoms with E-state index < -0.39 is 34.0 Å². The molecule has 4 rings (SSSR count). The molecule has 12 heteroatoms. The van der Waals surface area contributed by atoms with E-state index in [1.54, 1.807) is 0 Å². The number of aliphatic imine (C=N–C) groups is 1. The lowest BCUT2D eigenvalue weighted by Crippen LogP contribution is -2.48. The third kappa shape index (κ3) is 4.28. The number of thioether (sulfide) groups is 1. The Morgan fingerprint density at radius 1 is 1.34 bits per heavy atom. The number of hydrogen-bond acceptors (Lipinski definition) is 6. The van der Waals surface area contributed by atoms with E-state index >= 15 is 0 Å². The van der Waals surface area contributed by atoms with E-state index in [0.717, 1.165) is 0 Å². The number of carbonyl (C=O) groups excluding carboxylic acids is 1. The molecule has 3 N–H and O–H groups in total. The Kier molecular flexibility index (Phi) is 6.08. The van der Waals surface area contributed by atoms with Crippen LogP contribution in [0, 0.1) is 11.7 Å². The largest absolute Gasteiger partial charge is 0.417 e. The highest BCUT2D eigenvalue weighted by atomic mass is 35.5. The quantitative estimate of drug-likeness (QED) is 0.623. The molecule has 0 spiro atoms. The van der Waals surface area contributed by atoms with Crippen LogP contribution in [-0.2, 0) is 16.5 Å². The summed E-state index contributed by atoms with van der Waals surface area (Å²) in [6, 6.07) is 4.56. The van der Waals surface area contributed by atoms with Gasteiger partial charge in [-0.25, -0.2) is 14.4 Å². The molecule has 0 radical (unpaired) electrons. The highest BCUT2D eigenvalue weighted by molar-refractivity contribution is 8.13. The first-order chi connectivity index (χ1) is 15.1. The van der Waals surface area contributed by atoms with Gasteiger partial charge >= 0.3 is 6.18 Å². The van der Waals surface area contributed by atoms with Crippen LogP contribution in [0.4, 0.5) is 23.2 Å². The summed E-state index contributed by atoms with van der Waals surface area (Å²) in [6.07, 6.45) is -3.45. The second-order valence-electron chi connectivity index (χ2n) is 7.42. The number of amidine groups is 1. The zero-order valence-corrected chi connectivity index (χ0v) is 18.0. The molecular formula is C20H17ClF4N4O2S. The number of halogens is 5. The molecule has 0 unspecified atom stereocenters. The molecule has 0 saturated carbocycles. The second kappa shape index (κ2) is 8.53. The molecule has 1 amide bonds. The van der Waals surface area contributed by atoms with Gasteiger partial charge in [-0.05, 0) is 30.7 Å². The predicted molar refractivity (Wildman–Crippen MR) is 113 cm³/mol. The van der Waals surface area contributed by atoms with Crippen molar-refractivity contribution < 1.29 is 27.1 Å². The van der Waals surface area contributed by atoms with Crippen LogP contribution in [0.1, 0.15) is 28.0 Å². The van der Waals surface area contributed by atoms with Crippen LogP contribution in [0.15, 0.2) is 35.5 Å². The van der Waals surface area contributed by atoms with Gasteiger partial charge in [-0.1, -0.05) is 23.4 Å². The van der Waals surface area contributed by atoms with Crippen LogP contribution in [0.5, 0.6) is 0 Å². The van der Waals surface area contributed by atoms with E-state index in [2.05, 4.69) is 15.3 Å². The molecule has 6 nitrogen and oxygen atoms in total. The Morgan fingerprint density at radius 2 is 2.12 bits per heavy atom. The fourth-order valence-corrected chi connectivity index (χ4v) is 5.11. The van der Waals surface area contributed by atoms with Crippen LogP contribution in [0.3, 0.4) is 0 Å². The molecule has 1 saturated heterocycles. The van der Waals surface area contributed by atoms with Crippen molar-refractivity contribution >= 4 is 40.1 Å². The summed E-state index contributed by atoms with van der Waals surface area (Å²) in [5.74, 6) is -0.732. The van der Waals surface area contributed by atoms with Gasteiger partial charge in [0.2, 0.25) is 0 Å². The van der Waals surface area contributed by atoms with Gasteiger partial charge in [0.1, 0.15) is 17.1 Å². The molecule has 170 valence electrons. The molecule has 32 heavy (non-hydrogen) atoms. The first-order valence-corrected chi connectivity index (χ1v) is 10.9. The summed E-state index contributed by atoms with van der Waals surface area (Å²) in [5, 5.41) is 2.37. The number of benzene rings is 1.